The number of aryl methyl sites for hydroxylation is 2. The third kappa shape index (κ3) is 7.93. The van der Waals surface area contributed by atoms with Crippen LogP contribution in [0.3, 0.4) is 0 Å². The molecule has 1 saturated heterocycles. The van der Waals surface area contributed by atoms with Crippen LogP contribution in [0.25, 0.3) is 44.8 Å². The Morgan fingerprint density at radius 3 is 2.00 bits per heavy atom. The lowest BCUT2D eigenvalue weighted by Gasteiger charge is -2.34. The third-order valence-corrected chi connectivity index (χ3v) is 9.24. The van der Waals surface area contributed by atoms with Gasteiger partial charge in [-0.3, -0.25) is 9.69 Å². The van der Waals surface area contributed by atoms with E-state index in [1.807, 2.05) is 56.3 Å². The van der Waals surface area contributed by atoms with Crippen molar-refractivity contribution in [3.63, 3.8) is 0 Å². The van der Waals surface area contributed by atoms with Gasteiger partial charge < -0.3 is 30.2 Å². The largest absolute Gasteiger partial charge is 0.508 e. The van der Waals surface area contributed by atoms with Crippen LogP contribution < -0.4 is 10.2 Å². The van der Waals surface area contributed by atoms with E-state index in [1.54, 1.807) is 12.1 Å². The highest BCUT2D eigenvalue weighted by Gasteiger charge is 2.16. The second-order valence-electron chi connectivity index (χ2n) is 12.7. The van der Waals surface area contributed by atoms with Gasteiger partial charge in [-0.2, -0.15) is 0 Å². The Bertz CT molecular complexity index is 2020. The molecule has 4 aromatic carbocycles. The first-order chi connectivity index (χ1) is 23.7. The molecule has 0 radical (unpaired) electrons. The van der Waals surface area contributed by atoms with Gasteiger partial charge in [0.05, 0.1) is 28.6 Å². The second-order valence-corrected chi connectivity index (χ2v) is 12.7. The summed E-state index contributed by atoms with van der Waals surface area (Å²) >= 11 is 0. The number of likely N-dealkylation sites (N-methyl/N-ethyl adjacent to an activating group) is 2. The monoisotopic (exact) mass is 658 g/mol. The van der Waals surface area contributed by atoms with Gasteiger partial charge in [0.25, 0.3) is 0 Å². The van der Waals surface area contributed by atoms with Crippen molar-refractivity contribution in [2.45, 2.75) is 27.7 Å². The van der Waals surface area contributed by atoms with Crippen molar-refractivity contribution in [3.8, 4) is 28.5 Å². The van der Waals surface area contributed by atoms with E-state index in [4.69, 9.17) is 4.98 Å². The fourth-order valence-corrected chi connectivity index (χ4v) is 6.15. The second kappa shape index (κ2) is 14.9. The molecule has 10 heteroatoms. The summed E-state index contributed by atoms with van der Waals surface area (Å²) in [6.07, 6.45) is 0. The SMILES string of the molecule is CCN(CC)CC(=O)Nc1c(C)cccc1C.CN1CCN(c2ccc3nc(-c4ccc5nc(-c6ccc(O)cc6)[nH]c5c4)[nH]c3c2)CC1. The van der Waals surface area contributed by atoms with E-state index in [2.05, 4.69) is 80.1 Å². The molecule has 7 rings (SSSR count). The number of aromatic hydroxyl groups is 1. The Kier molecular flexibility index (Phi) is 10.3. The zero-order valence-electron chi connectivity index (χ0n) is 29.0. The molecule has 3 heterocycles. The van der Waals surface area contributed by atoms with E-state index in [1.165, 1.54) is 5.69 Å². The van der Waals surface area contributed by atoms with E-state index in [-0.39, 0.29) is 11.7 Å². The molecule has 1 fully saturated rings. The summed E-state index contributed by atoms with van der Waals surface area (Å²) in [5.74, 6) is 1.93. The van der Waals surface area contributed by atoms with Crippen LogP contribution in [0.4, 0.5) is 11.4 Å². The fraction of sp³-hybridized carbons (Fsp3) is 0.308. The number of aromatic nitrogens is 4. The lowest BCUT2D eigenvalue weighted by molar-refractivity contribution is -0.117. The zero-order valence-corrected chi connectivity index (χ0v) is 29.0. The molecule has 1 amide bonds. The van der Waals surface area contributed by atoms with Gasteiger partial charge >= 0.3 is 0 Å². The van der Waals surface area contributed by atoms with Gasteiger partial charge in [-0.05, 0) is 106 Å². The normalized spacial score (nSPS) is 13.6. The molecule has 0 atom stereocenters. The van der Waals surface area contributed by atoms with Crippen LogP contribution in [0.1, 0.15) is 25.0 Å². The number of rotatable bonds is 8. The first-order valence-corrected chi connectivity index (χ1v) is 17.0. The number of hydrogen-bond donors (Lipinski definition) is 4. The average Bonchev–Trinajstić information content (AvgIpc) is 3.74. The summed E-state index contributed by atoms with van der Waals surface area (Å²) < 4.78 is 0. The third-order valence-electron chi connectivity index (χ3n) is 9.24. The first kappa shape index (κ1) is 33.7. The molecule has 49 heavy (non-hydrogen) atoms. The molecule has 0 bridgehead atoms. The minimum absolute atomic E-state index is 0.0612. The molecule has 254 valence electrons. The number of nitrogens with one attached hydrogen (secondary N) is 3. The predicted molar refractivity (Wildman–Crippen MR) is 200 cm³/mol. The van der Waals surface area contributed by atoms with E-state index in [9.17, 15) is 9.90 Å². The van der Waals surface area contributed by atoms with E-state index < -0.39 is 0 Å². The van der Waals surface area contributed by atoms with Crippen molar-refractivity contribution >= 4 is 39.3 Å². The van der Waals surface area contributed by atoms with Crippen LogP contribution >= 0.6 is 0 Å². The number of amides is 1. The van der Waals surface area contributed by atoms with Crippen LogP contribution in [0, 0.1) is 13.8 Å². The first-order valence-electron chi connectivity index (χ1n) is 17.0. The maximum absolute atomic E-state index is 11.9. The van der Waals surface area contributed by atoms with E-state index in [0.717, 1.165) is 101 Å². The molecule has 1 aliphatic rings. The maximum Gasteiger partial charge on any atom is 0.238 e. The van der Waals surface area contributed by atoms with E-state index in [0.29, 0.717) is 6.54 Å². The highest BCUT2D eigenvalue weighted by atomic mass is 16.3. The number of H-pyrrole nitrogens is 2. The number of carbonyl (C=O) groups excluding carboxylic acids is 1. The van der Waals surface area contributed by atoms with Gasteiger partial charge in [-0.15, -0.1) is 0 Å². The number of piperazine rings is 1. The van der Waals surface area contributed by atoms with Crippen LogP contribution in [0.5, 0.6) is 5.75 Å². The number of aromatic amines is 2. The molecule has 6 aromatic rings. The summed E-state index contributed by atoms with van der Waals surface area (Å²) in [5.41, 5.74) is 10.2. The number of hydrogen-bond acceptors (Lipinski definition) is 7. The Morgan fingerprint density at radius 1 is 0.796 bits per heavy atom. The van der Waals surface area contributed by atoms with Gasteiger partial charge in [0.15, 0.2) is 0 Å². The minimum atomic E-state index is 0.0612. The maximum atomic E-state index is 11.9. The minimum Gasteiger partial charge on any atom is -0.508 e. The molecular weight excluding hydrogens is 612 g/mol. The van der Waals surface area contributed by atoms with Crippen molar-refractivity contribution < 1.29 is 9.90 Å². The highest BCUT2D eigenvalue weighted by Crippen LogP contribution is 2.29. The molecule has 1 aliphatic heterocycles. The number of anilines is 2. The number of para-hydroxylation sites is 1. The zero-order chi connectivity index (χ0) is 34.5. The number of phenols is 1. The van der Waals surface area contributed by atoms with Crippen molar-refractivity contribution in [1.29, 1.82) is 0 Å². The Hall–Kier alpha value is -5.19. The Balaban J connectivity index is 0.000000209. The molecular formula is C39H46N8O2. The van der Waals surface area contributed by atoms with Gasteiger partial charge in [0.1, 0.15) is 17.4 Å². The molecule has 0 saturated carbocycles. The van der Waals surface area contributed by atoms with Crippen molar-refractivity contribution in [3.05, 3.63) is 90.0 Å². The molecule has 0 aliphatic carbocycles. The van der Waals surface area contributed by atoms with Gasteiger partial charge in [0, 0.05) is 48.7 Å². The molecule has 0 unspecified atom stereocenters. The van der Waals surface area contributed by atoms with Crippen LogP contribution in [0.15, 0.2) is 78.9 Å². The average molecular weight is 659 g/mol. The molecule has 2 aromatic heterocycles. The quantitative estimate of drug-likeness (QED) is 0.142. The number of nitrogens with zero attached hydrogens (tertiary/aromatic N) is 5. The lowest BCUT2D eigenvalue weighted by Crippen LogP contribution is -2.44. The Labute approximate surface area is 287 Å². The number of fused-ring (bicyclic) bond motifs is 2. The van der Waals surface area contributed by atoms with E-state index >= 15 is 0 Å². The highest BCUT2D eigenvalue weighted by molar-refractivity contribution is 5.93. The predicted octanol–water partition coefficient (Wildman–Crippen LogP) is 6.81. The summed E-state index contributed by atoms with van der Waals surface area (Å²) in [5, 5.41) is 12.5. The van der Waals surface area contributed by atoms with Gasteiger partial charge in [-0.1, -0.05) is 32.0 Å². The van der Waals surface area contributed by atoms with Gasteiger partial charge in [0.2, 0.25) is 5.91 Å². The summed E-state index contributed by atoms with van der Waals surface area (Å²) in [6, 6.07) is 25.7. The number of phenolic OH excluding ortho intramolecular Hbond substituents is 1. The number of benzene rings is 4. The Morgan fingerprint density at radius 2 is 1.37 bits per heavy atom. The molecule has 4 N–H and O–H groups in total. The molecule has 0 spiro atoms. The summed E-state index contributed by atoms with van der Waals surface area (Å²) in [7, 11) is 2.17. The summed E-state index contributed by atoms with van der Waals surface area (Å²) in [4.78, 5) is 35.2. The van der Waals surface area contributed by atoms with Crippen molar-refractivity contribution in [1.82, 2.24) is 29.7 Å². The molecule has 10 nitrogen and oxygen atoms in total. The summed E-state index contributed by atoms with van der Waals surface area (Å²) in [6.45, 7) is 14.7. The smallest absolute Gasteiger partial charge is 0.238 e. The van der Waals surface area contributed by atoms with Crippen LogP contribution in [-0.4, -0.2) is 93.6 Å². The van der Waals surface area contributed by atoms with Crippen LogP contribution in [-0.2, 0) is 4.79 Å². The topological polar surface area (TPSA) is 116 Å². The lowest BCUT2D eigenvalue weighted by atomic mass is 10.1. The fourth-order valence-electron chi connectivity index (χ4n) is 6.15. The number of imidazole rings is 2. The van der Waals surface area contributed by atoms with Crippen molar-refractivity contribution in [2.75, 3.05) is 63.1 Å². The van der Waals surface area contributed by atoms with Gasteiger partial charge in [-0.25, -0.2) is 9.97 Å². The number of carbonyl (C=O) groups is 1. The standard InChI is InChI=1S/C25H24N6O.C14H22N2O/c1-30-10-12-31(13-11-30)18-5-9-21-23(15-18)29-25(27-21)17-4-8-20-22(14-17)28-24(26-20)16-2-6-19(32)7-3-16;1-5-16(6-2)10-13(17)15-14-11(3)8-7-9-12(14)4/h2-9,14-15,32H,10-13H2,1H3,(H,26,28)(H,27,29);7-9H,5-6,10H2,1-4H3,(H,15,17). The van der Waals surface area contributed by atoms with Crippen molar-refractivity contribution in [2.24, 2.45) is 0 Å². The van der Waals surface area contributed by atoms with Crippen LogP contribution in [0.2, 0.25) is 0 Å².